The van der Waals surface area contributed by atoms with Crippen LogP contribution in [0.5, 0.6) is 0 Å². The van der Waals surface area contributed by atoms with Crippen molar-refractivity contribution in [3.05, 3.63) is 192 Å². The predicted octanol–water partition coefficient (Wildman–Crippen LogP) is 16.6. The maximum atomic E-state index is 6.25. The summed E-state index contributed by atoms with van der Waals surface area (Å²) >= 11 is 0. The molecule has 68 heavy (non-hydrogen) atoms. The molecule has 7 aromatic carbocycles. The molecule has 345 valence electrons. The number of hydrogen-bond donors (Lipinski definition) is 0. The zero-order chi connectivity index (χ0) is 47.0. The first kappa shape index (κ1) is 48.3. The molecule has 10 rings (SSSR count). The van der Waals surface area contributed by atoms with Crippen molar-refractivity contribution in [2.24, 2.45) is 5.92 Å². The molecule has 3 heterocycles. The summed E-state index contributed by atoms with van der Waals surface area (Å²) in [7, 11) is -1.40. The SMILES string of the molecule is CC(C)Cc1cc(-c2[c-]ccc(-c3ccccc3)c2)ncc1[Si](C)(C)C.Cc1[c-]c(-c2nc3ccccc3n2-c2c(C(C)C)cc(-c3ccccc3)cc2C(C)C)cc2c1oc1ccccc12.[Ir]. The predicted molar refractivity (Wildman–Crippen MR) is 286 cm³/mol. The molecular formula is C62H61IrN3OSi-2. The zero-order valence-corrected chi connectivity index (χ0v) is 44.4. The zero-order valence-electron chi connectivity index (χ0n) is 41.0. The number of rotatable bonds is 10. The number of hydrogen-bond acceptors (Lipinski definition) is 3. The third-order valence-corrected chi connectivity index (χ3v) is 14.8. The quantitative estimate of drug-likeness (QED) is 0.101. The standard InChI is InChI=1S/C38H33N2O.C24H28NSi.Ir/c1-23(2)30-20-27(26-13-7-6-8-14-26)21-31(24(3)4)36(30)40-34-17-11-10-16-33(34)39-38(40)28-19-25(5)37-32(22-28)29-15-9-12-18-35(29)41-37;1-18(2)14-22-16-23(25-17-24(22)26(3,4)5)21-13-9-12-20(15-21)19-10-7-6-8-11-19;/h6-18,20-24H,1-5H3;6-12,15-18H,14H2,1-5H3;/q2*-1;. The molecule has 0 N–H and O–H groups in total. The van der Waals surface area contributed by atoms with E-state index in [0.717, 1.165) is 67.6 Å². The van der Waals surface area contributed by atoms with E-state index in [0.29, 0.717) is 17.8 Å². The molecule has 0 atom stereocenters. The Morgan fingerprint density at radius 3 is 1.90 bits per heavy atom. The second kappa shape index (κ2) is 20.2. The van der Waals surface area contributed by atoms with Crippen molar-refractivity contribution in [1.29, 1.82) is 0 Å². The monoisotopic (exact) mass is 1080 g/mol. The number of para-hydroxylation sites is 3. The molecule has 4 nitrogen and oxygen atoms in total. The van der Waals surface area contributed by atoms with Crippen LogP contribution in [0.3, 0.4) is 0 Å². The van der Waals surface area contributed by atoms with Crippen LogP contribution < -0.4 is 5.19 Å². The molecule has 3 aromatic heterocycles. The van der Waals surface area contributed by atoms with Crippen molar-refractivity contribution >= 4 is 46.2 Å². The normalized spacial score (nSPS) is 11.7. The van der Waals surface area contributed by atoms with Crippen LogP contribution in [0.2, 0.25) is 19.6 Å². The Hall–Kier alpha value is -6.17. The van der Waals surface area contributed by atoms with Crippen LogP contribution in [0.25, 0.3) is 83.6 Å². The van der Waals surface area contributed by atoms with Crippen molar-refractivity contribution in [3.63, 3.8) is 0 Å². The summed E-state index contributed by atoms with van der Waals surface area (Å²) < 4.78 is 8.63. The van der Waals surface area contributed by atoms with Crippen LogP contribution in [0.15, 0.2) is 162 Å². The second-order valence-corrected chi connectivity index (χ2v) is 25.1. The molecule has 1 radical (unpaired) electrons. The van der Waals surface area contributed by atoms with E-state index in [9.17, 15) is 0 Å². The molecule has 0 amide bonds. The summed E-state index contributed by atoms with van der Waals surface area (Å²) in [5, 5.41) is 3.69. The summed E-state index contributed by atoms with van der Waals surface area (Å²) in [5.41, 5.74) is 18.1. The van der Waals surface area contributed by atoms with Crippen LogP contribution in [0.4, 0.5) is 0 Å². The molecule has 0 aliphatic heterocycles. The van der Waals surface area contributed by atoms with Gasteiger partial charge in [-0.3, -0.25) is 4.98 Å². The fraction of sp³-hybridized carbons (Fsp3) is 0.226. The van der Waals surface area contributed by atoms with Gasteiger partial charge in [0.15, 0.2) is 0 Å². The molecular weight excluding hydrogens is 1020 g/mol. The first-order valence-corrected chi connectivity index (χ1v) is 27.4. The average molecular weight is 1080 g/mol. The number of nitrogens with zero attached hydrogens (tertiary/aromatic N) is 3. The number of aryl methyl sites for hydroxylation is 1. The van der Waals surface area contributed by atoms with E-state index in [2.05, 4.69) is 218 Å². The van der Waals surface area contributed by atoms with Gasteiger partial charge in [-0.05, 0) is 93.2 Å². The van der Waals surface area contributed by atoms with Crippen molar-refractivity contribution < 1.29 is 24.5 Å². The van der Waals surface area contributed by atoms with Gasteiger partial charge in [-0.1, -0.05) is 182 Å². The first-order valence-electron chi connectivity index (χ1n) is 23.9. The van der Waals surface area contributed by atoms with Gasteiger partial charge in [0.25, 0.3) is 0 Å². The van der Waals surface area contributed by atoms with Crippen molar-refractivity contribution in [1.82, 2.24) is 14.5 Å². The first-order chi connectivity index (χ1) is 32.2. The Morgan fingerprint density at radius 2 is 1.25 bits per heavy atom. The number of fused-ring (bicyclic) bond motifs is 4. The van der Waals surface area contributed by atoms with E-state index in [-0.39, 0.29) is 20.1 Å². The van der Waals surface area contributed by atoms with Gasteiger partial charge < -0.3 is 14.0 Å². The maximum absolute atomic E-state index is 6.25. The van der Waals surface area contributed by atoms with E-state index < -0.39 is 8.07 Å². The van der Waals surface area contributed by atoms with Gasteiger partial charge in [0.1, 0.15) is 5.58 Å². The summed E-state index contributed by atoms with van der Waals surface area (Å²) in [4.78, 5) is 10.1. The summed E-state index contributed by atoms with van der Waals surface area (Å²) in [6, 6.07) is 60.5. The van der Waals surface area contributed by atoms with Crippen LogP contribution in [-0.4, -0.2) is 22.6 Å². The molecule has 10 aromatic rings. The van der Waals surface area contributed by atoms with Crippen molar-refractivity contribution in [2.75, 3.05) is 0 Å². The van der Waals surface area contributed by atoms with Crippen LogP contribution >= 0.6 is 0 Å². The minimum absolute atomic E-state index is 0. The topological polar surface area (TPSA) is 43.9 Å². The van der Waals surface area contributed by atoms with E-state index in [4.69, 9.17) is 14.4 Å². The van der Waals surface area contributed by atoms with E-state index in [1.54, 1.807) is 0 Å². The molecule has 0 aliphatic rings. The average Bonchev–Trinajstić information content (AvgIpc) is 3.91. The Balaban J connectivity index is 0.000000201. The third kappa shape index (κ3) is 9.87. The Labute approximate surface area is 417 Å². The number of furan rings is 1. The summed E-state index contributed by atoms with van der Waals surface area (Å²) in [6.07, 6.45) is 3.23. The van der Waals surface area contributed by atoms with Crippen LogP contribution in [0, 0.1) is 25.0 Å². The van der Waals surface area contributed by atoms with Gasteiger partial charge in [-0.2, -0.15) is 0 Å². The molecule has 0 saturated carbocycles. The second-order valence-electron chi connectivity index (χ2n) is 20.0. The third-order valence-electron chi connectivity index (χ3n) is 12.7. The molecule has 0 fully saturated rings. The molecule has 0 saturated heterocycles. The Morgan fingerprint density at radius 1 is 0.632 bits per heavy atom. The van der Waals surface area contributed by atoms with Gasteiger partial charge in [0, 0.05) is 37.4 Å². The largest absolute Gasteiger partial charge is 0.500 e. The number of imidazole rings is 1. The van der Waals surface area contributed by atoms with E-state index in [1.807, 2.05) is 24.3 Å². The fourth-order valence-corrected chi connectivity index (χ4v) is 11.0. The smallest absolute Gasteiger partial charge is 0.120 e. The van der Waals surface area contributed by atoms with Gasteiger partial charge in [0.05, 0.1) is 30.5 Å². The number of benzene rings is 7. The molecule has 6 heteroatoms. The Bertz CT molecular complexity index is 3330. The molecule has 0 bridgehead atoms. The van der Waals surface area contributed by atoms with Gasteiger partial charge in [-0.25, -0.2) is 0 Å². The number of pyridine rings is 1. The van der Waals surface area contributed by atoms with Crippen LogP contribution in [0.1, 0.15) is 75.6 Å². The molecule has 0 spiro atoms. The van der Waals surface area contributed by atoms with E-state index >= 15 is 0 Å². The minimum atomic E-state index is -1.40. The summed E-state index contributed by atoms with van der Waals surface area (Å²) in [5.74, 6) is 2.16. The van der Waals surface area contributed by atoms with Gasteiger partial charge >= 0.3 is 0 Å². The van der Waals surface area contributed by atoms with E-state index in [1.165, 1.54) is 49.8 Å². The molecule has 0 aliphatic carbocycles. The summed E-state index contributed by atoms with van der Waals surface area (Å²) in [6.45, 7) is 23.0. The fourth-order valence-electron chi connectivity index (χ4n) is 9.45. The van der Waals surface area contributed by atoms with Crippen LogP contribution in [-0.2, 0) is 26.5 Å². The van der Waals surface area contributed by atoms with Crippen molar-refractivity contribution in [3.8, 4) is 50.6 Å². The van der Waals surface area contributed by atoms with Gasteiger partial charge in [0.2, 0.25) is 0 Å². The maximum Gasteiger partial charge on any atom is 0.120 e. The Kier molecular flexibility index (Phi) is 14.3. The number of aromatic nitrogens is 3. The minimum Gasteiger partial charge on any atom is -0.500 e. The van der Waals surface area contributed by atoms with Crippen molar-refractivity contribution in [2.45, 2.75) is 86.4 Å². The van der Waals surface area contributed by atoms with Gasteiger partial charge in [-0.15, -0.1) is 53.1 Å². The molecule has 0 unspecified atom stereocenters.